The van der Waals surface area contributed by atoms with Crippen molar-refractivity contribution in [3.05, 3.63) is 23.8 Å². The summed E-state index contributed by atoms with van der Waals surface area (Å²) in [6, 6.07) is 4.60. The lowest BCUT2D eigenvalue weighted by Gasteiger charge is -2.07. The molecule has 1 rings (SSSR count). The summed E-state index contributed by atoms with van der Waals surface area (Å²) in [5.74, 6) is 0.534. The summed E-state index contributed by atoms with van der Waals surface area (Å²) in [5, 5.41) is 26.6. The number of aliphatic hydroxyl groups is 1. The summed E-state index contributed by atoms with van der Waals surface area (Å²) in [6.07, 6.45) is 0. The van der Waals surface area contributed by atoms with E-state index < -0.39 is 7.12 Å². The number of ether oxygens (including phenoxy) is 1. The molecule has 0 atom stereocenters. The molecule has 0 spiro atoms. The summed E-state index contributed by atoms with van der Waals surface area (Å²) in [4.78, 5) is 0. The minimum Gasteiger partial charge on any atom is -0.496 e. The second kappa shape index (κ2) is 4.27. The minimum absolute atomic E-state index is 0.191. The van der Waals surface area contributed by atoms with Crippen molar-refractivity contribution >= 4 is 12.6 Å². The van der Waals surface area contributed by atoms with Gasteiger partial charge in [0.05, 0.1) is 13.7 Å². The van der Waals surface area contributed by atoms with Gasteiger partial charge in [0.2, 0.25) is 0 Å². The molecule has 4 nitrogen and oxygen atoms in total. The van der Waals surface area contributed by atoms with Crippen LogP contribution in [0.15, 0.2) is 18.2 Å². The third-order valence-corrected chi connectivity index (χ3v) is 1.77. The fourth-order valence-corrected chi connectivity index (χ4v) is 1.08. The lowest BCUT2D eigenvalue weighted by Crippen LogP contribution is -2.30. The largest absolute Gasteiger partial charge is 0.496 e. The molecule has 0 aromatic heterocycles. The van der Waals surface area contributed by atoms with E-state index in [0.29, 0.717) is 16.8 Å². The lowest BCUT2D eigenvalue weighted by molar-refractivity contribution is 0.274. The molecule has 5 heteroatoms. The van der Waals surface area contributed by atoms with Crippen molar-refractivity contribution in [1.82, 2.24) is 0 Å². The Bertz CT molecular complexity index is 287. The first kappa shape index (κ1) is 10.0. The number of methoxy groups -OCH3 is 1. The molecule has 1 aromatic rings. The Labute approximate surface area is 76.6 Å². The van der Waals surface area contributed by atoms with Crippen molar-refractivity contribution in [1.29, 1.82) is 0 Å². The molecule has 13 heavy (non-hydrogen) atoms. The zero-order valence-corrected chi connectivity index (χ0v) is 7.27. The predicted molar refractivity (Wildman–Crippen MR) is 48.7 cm³/mol. The highest BCUT2D eigenvalue weighted by atomic mass is 16.5. The molecule has 0 aliphatic heterocycles. The SMILES string of the molecule is COc1ccc(B(O)O)cc1CO. The number of aliphatic hydroxyl groups excluding tert-OH is 1. The number of hydrogen-bond donors (Lipinski definition) is 3. The van der Waals surface area contributed by atoms with E-state index in [1.807, 2.05) is 0 Å². The molecule has 0 saturated carbocycles. The number of rotatable bonds is 3. The van der Waals surface area contributed by atoms with E-state index in [1.165, 1.54) is 19.2 Å². The van der Waals surface area contributed by atoms with Gasteiger partial charge in [0, 0.05) is 5.56 Å². The maximum atomic E-state index is 8.91. The Hall–Kier alpha value is -1.04. The van der Waals surface area contributed by atoms with E-state index in [0.717, 1.165) is 0 Å². The molecule has 1 aromatic carbocycles. The van der Waals surface area contributed by atoms with Gasteiger partial charge in [-0.05, 0) is 11.5 Å². The number of hydrogen-bond acceptors (Lipinski definition) is 4. The normalized spacial score (nSPS) is 9.85. The number of benzene rings is 1. The standard InChI is InChI=1S/C8H11BO4/c1-13-8-3-2-7(9(11)12)4-6(8)5-10/h2-4,10-12H,5H2,1H3. The fraction of sp³-hybridized carbons (Fsp3) is 0.250. The second-order valence-electron chi connectivity index (χ2n) is 2.60. The molecular weight excluding hydrogens is 171 g/mol. The van der Waals surface area contributed by atoms with Crippen molar-refractivity contribution in [3.8, 4) is 5.75 Å². The molecule has 70 valence electrons. The topological polar surface area (TPSA) is 69.9 Å². The molecule has 0 aliphatic carbocycles. The molecule has 0 unspecified atom stereocenters. The van der Waals surface area contributed by atoms with Crippen molar-refractivity contribution in [2.75, 3.05) is 7.11 Å². The summed E-state index contributed by atoms with van der Waals surface area (Å²) >= 11 is 0. The molecule has 0 heterocycles. The van der Waals surface area contributed by atoms with Crippen LogP contribution in [0.5, 0.6) is 5.75 Å². The van der Waals surface area contributed by atoms with Crippen LogP contribution in [-0.2, 0) is 6.61 Å². The molecular formula is C8H11BO4. The summed E-state index contributed by atoms with van der Waals surface area (Å²) < 4.78 is 4.95. The highest BCUT2D eigenvalue weighted by molar-refractivity contribution is 6.58. The molecule has 0 fully saturated rings. The maximum absolute atomic E-state index is 8.91. The monoisotopic (exact) mass is 182 g/mol. The van der Waals surface area contributed by atoms with Crippen LogP contribution in [0.4, 0.5) is 0 Å². The summed E-state index contributed by atoms with van der Waals surface area (Å²) in [7, 11) is -0.0278. The van der Waals surface area contributed by atoms with Gasteiger partial charge < -0.3 is 19.9 Å². The van der Waals surface area contributed by atoms with Crippen LogP contribution >= 0.6 is 0 Å². The zero-order chi connectivity index (χ0) is 9.84. The fourth-order valence-electron chi connectivity index (χ4n) is 1.08. The second-order valence-corrected chi connectivity index (χ2v) is 2.60. The van der Waals surface area contributed by atoms with Gasteiger partial charge in [0.1, 0.15) is 5.75 Å². The first-order valence-corrected chi connectivity index (χ1v) is 3.83. The van der Waals surface area contributed by atoms with Gasteiger partial charge in [0.25, 0.3) is 0 Å². The quantitative estimate of drug-likeness (QED) is 0.517. The third-order valence-electron chi connectivity index (χ3n) is 1.77. The smallest absolute Gasteiger partial charge is 0.488 e. The van der Waals surface area contributed by atoms with Gasteiger partial charge in [0.15, 0.2) is 0 Å². The highest BCUT2D eigenvalue weighted by Crippen LogP contribution is 2.15. The Morgan fingerprint density at radius 1 is 1.38 bits per heavy atom. The van der Waals surface area contributed by atoms with E-state index in [4.69, 9.17) is 19.9 Å². The average molecular weight is 182 g/mol. The van der Waals surface area contributed by atoms with Crippen LogP contribution in [0.25, 0.3) is 0 Å². The molecule has 0 bridgehead atoms. The van der Waals surface area contributed by atoms with Crippen LogP contribution in [0.3, 0.4) is 0 Å². The van der Waals surface area contributed by atoms with Gasteiger partial charge in [-0.2, -0.15) is 0 Å². The van der Waals surface area contributed by atoms with Crippen molar-refractivity contribution in [2.24, 2.45) is 0 Å². The van der Waals surface area contributed by atoms with E-state index in [1.54, 1.807) is 6.07 Å². The Morgan fingerprint density at radius 3 is 2.54 bits per heavy atom. The molecule has 3 N–H and O–H groups in total. The van der Waals surface area contributed by atoms with Crippen molar-refractivity contribution in [3.63, 3.8) is 0 Å². The Balaban J connectivity index is 3.05. The Morgan fingerprint density at radius 2 is 2.08 bits per heavy atom. The van der Waals surface area contributed by atoms with Crippen LogP contribution in [0.2, 0.25) is 0 Å². The third kappa shape index (κ3) is 2.21. The molecule has 0 saturated heterocycles. The Kier molecular flexibility index (Phi) is 3.30. The first-order chi connectivity index (χ1) is 6.19. The lowest BCUT2D eigenvalue weighted by atomic mass is 9.79. The maximum Gasteiger partial charge on any atom is 0.488 e. The van der Waals surface area contributed by atoms with Crippen molar-refractivity contribution < 1.29 is 19.9 Å². The van der Waals surface area contributed by atoms with E-state index in [2.05, 4.69) is 0 Å². The van der Waals surface area contributed by atoms with Crippen molar-refractivity contribution in [2.45, 2.75) is 6.61 Å². The van der Waals surface area contributed by atoms with Gasteiger partial charge >= 0.3 is 7.12 Å². The van der Waals surface area contributed by atoms with Gasteiger partial charge in [-0.25, -0.2) is 0 Å². The van der Waals surface area contributed by atoms with E-state index in [9.17, 15) is 0 Å². The molecule has 0 radical (unpaired) electrons. The van der Waals surface area contributed by atoms with Gasteiger partial charge in [-0.3, -0.25) is 0 Å². The van der Waals surface area contributed by atoms with E-state index in [-0.39, 0.29) is 6.61 Å². The van der Waals surface area contributed by atoms with Crippen LogP contribution in [-0.4, -0.2) is 29.4 Å². The predicted octanol–water partition coefficient (Wildman–Crippen LogP) is -1.13. The van der Waals surface area contributed by atoms with Crippen LogP contribution < -0.4 is 10.2 Å². The van der Waals surface area contributed by atoms with Gasteiger partial charge in [-0.15, -0.1) is 0 Å². The van der Waals surface area contributed by atoms with Gasteiger partial charge in [-0.1, -0.05) is 12.1 Å². The van der Waals surface area contributed by atoms with E-state index >= 15 is 0 Å². The zero-order valence-electron chi connectivity index (χ0n) is 7.27. The summed E-state index contributed by atoms with van der Waals surface area (Å²) in [6.45, 7) is -0.191. The highest BCUT2D eigenvalue weighted by Gasteiger charge is 2.12. The minimum atomic E-state index is -1.52. The molecule has 0 amide bonds. The van der Waals surface area contributed by atoms with Crippen LogP contribution in [0.1, 0.15) is 5.56 Å². The summed E-state index contributed by atoms with van der Waals surface area (Å²) in [5.41, 5.74) is 0.873. The average Bonchev–Trinajstić information content (AvgIpc) is 2.16. The molecule has 0 aliphatic rings. The van der Waals surface area contributed by atoms with Crippen LogP contribution in [0, 0.1) is 0 Å². The first-order valence-electron chi connectivity index (χ1n) is 3.83.